The second kappa shape index (κ2) is 27.6. The van der Waals surface area contributed by atoms with Crippen molar-refractivity contribution in [3.05, 3.63) is 142 Å². The number of carbonyl (C=O) groups excluding carboxylic acids is 2. The number of morpholine rings is 2. The molecule has 2 saturated heterocycles. The van der Waals surface area contributed by atoms with Gasteiger partial charge in [-0.1, -0.05) is 24.3 Å². The van der Waals surface area contributed by atoms with Crippen LogP contribution in [0.5, 0.6) is 0 Å². The molecule has 0 N–H and O–H groups in total. The van der Waals surface area contributed by atoms with Gasteiger partial charge in [0.2, 0.25) is 11.8 Å². The van der Waals surface area contributed by atoms with E-state index in [-0.39, 0.29) is 35.5 Å². The number of benzene rings is 4. The number of aryl methyl sites for hydroxylation is 2. The van der Waals surface area contributed by atoms with Crippen LogP contribution in [0.1, 0.15) is 54.8 Å². The molecule has 2 aromatic heterocycles. The Morgan fingerprint density at radius 1 is 0.657 bits per heavy atom. The number of oxazole rings is 2. The Bertz CT molecular complexity index is 2720. The van der Waals surface area contributed by atoms with Crippen molar-refractivity contribution in [1.82, 2.24) is 19.8 Å². The van der Waals surface area contributed by atoms with E-state index in [1.165, 1.54) is 19.8 Å². The summed E-state index contributed by atoms with van der Waals surface area (Å²) >= 11 is 3.61. The fourth-order valence-corrected chi connectivity index (χ4v) is 9.16. The molecule has 2 aliphatic rings. The van der Waals surface area contributed by atoms with Crippen molar-refractivity contribution < 1.29 is 73.4 Å². The third-order valence-corrected chi connectivity index (χ3v) is 13.9. The number of rotatable bonds is 15. The van der Waals surface area contributed by atoms with Gasteiger partial charge >= 0.3 is 30.8 Å². The van der Waals surface area contributed by atoms with Crippen LogP contribution in [0.25, 0.3) is 22.9 Å². The summed E-state index contributed by atoms with van der Waals surface area (Å²) < 4.78 is 78.6. The van der Waals surface area contributed by atoms with E-state index in [1.807, 2.05) is 31.2 Å². The molecule has 20 heteroatoms. The number of alkyl halides is 1. The molecule has 0 bridgehead atoms. The molecule has 8 rings (SSSR count). The molecule has 368 valence electrons. The van der Waals surface area contributed by atoms with E-state index in [1.54, 1.807) is 79.7 Å². The molecule has 1 atom stereocenters. The maximum absolute atomic E-state index is 13.0. The number of nitrogens with zero attached hydrogens (tertiary/aromatic N) is 4. The van der Waals surface area contributed by atoms with E-state index in [4.69, 9.17) is 34.6 Å². The molecule has 0 aliphatic carbocycles. The SMILES string of the molecule is COC(=O)c1ccc(-c2nc(CCl)c(C)o2)cc1.COC(=O)c1ccc(-c2nc(CS(=O)(=O)c3ccc(CCN4CCOCC4)cc3)c(C)o2)cc1.O=S([O-])c1ccc(CCN2CCOCC2)cc1.[Li+]. The predicted octanol–water partition coefficient (Wildman–Crippen LogP) is 4.26. The largest absolute Gasteiger partial charge is 1.00 e. The van der Waals surface area contributed by atoms with E-state index in [9.17, 15) is 26.8 Å². The molecule has 2 aliphatic heterocycles. The molecule has 0 amide bonds. The van der Waals surface area contributed by atoms with Crippen LogP contribution in [0.2, 0.25) is 0 Å². The van der Waals surface area contributed by atoms with Crippen molar-refractivity contribution in [3.8, 4) is 22.9 Å². The minimum atomic E-state index is -3.59. The Hall–Kier alpha value is -4.97. The van der Waals surface area contributed by atoms with Crippen molar-refractivity contribution in [2.45, 2.75) is 48.1 Å². The van der Waals surface area contributed by atoms with Gasteiger partial charge in [-0.05, 0) is 122 Å². The van der Waals surface area contributed by atoms with Crippen LogP contribution in [0, 0.1) is 13.8 Å². The Labute approximate surface area is 428 Å². The first-order valence-corrected chi connectivity index (χ1v) is 25.5. The van der Waals surface area contributed by atoms with Gasteiger partial charge in [0, 0.05) is 55.3 Å². The fraction of sp³-hybridized carbons (Fsp3) is 0.360. The number of carbonyl (C=O) groups is 2. The molecule has 0 spiro atoms. The Kier molecular flexibility index (Phi) is 22.0. The van der Waals surface area contributed by atoms with Crippen molar-refractivity contribution >= 4 is 44.5 Å². The van der Waals surface area contributed by atoms with E-state index in [0.717, 1.165) is 95.4 Å². The number of sulfone groups is 1. The number of aromatic nitrogens is 2. The van der Waals surface area contributed by atoms with Crippen LogP contribution in [0.3, 0.4) is 0 Å². The van der Waals surface area contributed by atoms with Gasteiger partial charge in [-0.25, -0.2) is 28.0 Å². The summed E-state index contributed by atoms with van der Waals surface area (Å²) in [6.45, 7) is 12.4. The van der Waals surface area contributed by atoms with Gasteiger partial charge in [-0.2, -0.15) is 0 Å². The molecule has 4 heterocycles. The van der Waals surface area contributed by atoms with Gasteiger partial charge in [0.1, 0.15) is 17.3 Å². The van der Waals surface area contributed by atoms with Gasteiger partial charge in [0.15, 0.2) is 9.84 Å². The van der Waals surface area contributed by atoms with E-state index < -0.39 is 26.9 Å². The molecule has 6 aromatic rings. The molecular formula is C50H56ClLiN4O12S2. The molecule has 1 unspecified atom stereocenters. The van der Waals surface area contributed by atoms with Gasteiger partial charge in [-0.15, -0.1) is 11.6 Å². The maximum atomic E-state index is 13.0. The molecule has 0 radical (unpaired) electrons. The average Bonchev–Trinajstić information content (AvgIpc) is 3.96. The van der Waals surface area contributed by atoms with Crippen LogP contribution in [-0.2, 0) is 64.3 Å². The Balaban J connectivity index is 0.000000214. The number of halogens is 1. The fourth-order valence-electron chi connectivity index (χ4n) is 7.21. The minimum absolute atomic E-state index is 0. The maximum Gasteiger partial charge on any atom is 1.00 e. The van der Waals surface area contributed by atoms with Crippen LogP contribution in [0.4, 0.5) is 0 Å². The first-order valence-electron chi connectivity index (χ1n) is 22.2. The Morgan fingerprint density at radius 2 is 1.06 bits per heavy atom. The number of esters is 2. The third kappa shape index (κ3) is 16.3. The van der Waals surface area contributed by atoms with Gasteiger partial charge < -0.3 is 32.3 Å². The van der Waals surface area contributed by atoms with Crippen LogP contribution < -0.4 is 18.9 Å². The molecular weight excluding hydrogens is 955 g/mol. The van der Waals surface area contributed by atoms with Gasteiger partial charge in [0.25, 0.3) is 0 Å². The standard InChI is InChI=1S/C25H28N2O6S.C13H12ClNO3.C12H17NO3S.Li/c1-18-23(26-24(33-18)20-5-7-21(8-6-20)25(28)31-2)17-34(29,30)22-9-3-19(4-10-22)11-12-27-13-15-32-16-14-27;1-8-11(7-14)15-12(18-8)9-3-5-10(6-4-9)13(16)17-2;14-17(15)12-3-1-11(2-4-12)5-6-13-7-9-16-10-8-13;/h3-10H,11-17H2,1-2H3;3-6H,7H2,1-2H3;1-4H,5-10H2,(H,14,15);/q;;;+1/p-1. The summed E-state index contributed by atoms with van der Waals surface area (Å²) in [4.78, 5) is 36.9. The topological polar surface area (TPSA) is 204 Å². The molecule has 2 fully saturated rings. The number of hydrogen-bond acceptors (Lipinski definition) is 16. The molecule has 0 saturated carbocycles. The molecule has 70 heavy (non-hydrogen) atoms. The third-order valence-electron chi connectivity index (χ3n) is 11.4. The van der Waals surface area contributed by atoms with Crippen LogP contribution in [0.15, 0.2) is 116 Å². The van der Waals surface area contributed by atoms with Crippen molar-refractivity contribution in [2.24, 2.45) is 0 Å². The van der Waals surface area contributed by atoms with Crippen LogP contribution >= 0.6 is 11.6 Å². The smallest absolute Gasteiger partial charge is 0.768 e. The first-order chi connectivity index (χ1) is 33.3. The van der Waals surface area contributed by atoms with E-state index in [2.05, 4.69) is 24.5 Å². The summed E-state index contributed by atoms with van der Waals surface area (Å²) in [6, 6.07) is 27.6. The number of hydrogen-bond donors (Lipinski definition) is 0. The monoisotopic (exact) mass is 1010 g/mol. The van der Waals surface area contributed by atoms with Gasteiger partial charge in [-0.3, -0.25) is 14.0 Å². The van der Waals surface area contributed by atoms with Crippen molar-refractivity contribution in [2.75, 3.05) is 79.9 Å². The summed E-state index contributed by atoms with van der Waals surface area (Å²) in [7, 11) is -0.922. The molecule has 16 nitrogen and oxygen atoms in total. The first kappa shape index (κ1) is 55.9. The quantitative estimate of drug-likeness (QED) is 0.0610. The zero-order chi connectivity index (χ0) is 49.3. The summed E-state index contributed by atoms with van der Waals surface area (Å²) in [5.41, 5.74) is 5.69. The Morgan fingerprint density at radius 3 is 1.44 bits per heavy atom. The minimum Gasteiger partial charge on any atom is -0.768 e. The number of methoxy groups -OCH3 is 2. The zero-order valence-electron chi connectivity index (χ0n) is 40.0. The summed E-state index contributed by atoms with van der Waals surface area (Å²) in [5, 5.41) is 0. The van der Waals surface area contributed by atoms with Crippen molar-refractivity contribution in [1.29, 1.82) is 0 Å². The van der Waals surface area contributed by atoms with Crippen LogP contribution in [-0.4, -0.2) is 129 Å². The second-order valence-electron chi connectivity index (χ2n) is 16.0. The summed E-state index contributed by atoms with van der Waals surface area (Å²) in [6.07, 6.45) is 1.81. The normalized spacial score (nSPS) is 14.5. The average molecular weight is 1010 g/mol. The number of ether oxygens (including phenoxy) is 4. The predicted molar refractivity (Wildman–Crippen MR) is 258 cm³/mol. The van der Waals surface area contributed by atoms with Gasteiger partial charge in [0.05, 0.1) is 73.9 Å². The van der Waals surface area contributed by atoms with Crippen molar-refractivity contribution in [3.63, 3.8) is 0 Å². The second-order valence-corrected chi connectivity index (χ2v) is 19.2. The van der Waals surface area contributed by atoms with E-state index >= 15 is 0 Å². The molecule has 4 aromatic carbocycles. The van der Waals surface area contributed by atoms with E-state index in [0.29, 0.717) is 56.5 Å². The zero-order valence-corrected chi connectivity index (χ0v) is 42.4. The summed E-state index contributed by atoms with van der Waals surface area (Å²) in [5.74, 6) is 1.21.